The van der Waals surface area contributed by atoms with Crippen LogP contribution in [0.2, 0.25) is 0 Å². The van der Waals surface area contributed by atoms with Crippen molar-refractivity contribution < 1.29 is 17.9 Å². The summed E-state index contributed by atoms with van der Waals surface area (Å²) >= 11 is 0. The molecule has 0 aliphatic rings. The van der Waals surface area contributed by atoms with Crippen molar-refractivity contribution in [3.05, 3.63) is 53.9 Å². The summed E-state index contributed by atoms with van der Waals surface area (Å²) in [6.07, 6.45) is 4.54. The third kappa shape index (κ3) is 5.22. The molecule has 23 heavy (non-hydrogen) atoms. The molecule has 0 fully saturated rings. The van der Waals surface area contributed by atoms with Crippen molar-refractivity contribution >= 4 is 10.0 Å². The minimum absolute atomic E-state index is 0.354. The highest BCUT2D eigenvalue weighted by Gasteiger charge is 2.14. The Morgan fingerprint density at radius 1 is 1.17 bits per heavy atom. The third-order valence-corrected chi connectivity index (χ3v) is 4.00. The highest BCUT2D eigenvalue weighted by molar-refractivity contribution is 7.88. The van der Waals surface area contributed by atoms with Crippen LogP contribution in [0.25, 0.3) is 0 Å². The van der Waals surface area contributed by atoms with Gasteiger partial charge in [-0.25, -0.2) is 13.1 Å². The summed E-state index contributed by atoms with van der Waals surface area (Å²) in [5, 5.41) is 0. The second-order valence-electron chi connectivity index (χ2n) is 5.17. The zero-order valence-corrected chi connectivity index (χ0v) is 14.1. The molecule has 0 aliphatic carbocycles. The lowest BCUT2D eigenvalue weighted by Gasteiger charge is -2.16. The highest BCUT2D eigenvalue weighted by atomic mass is 32.2. The van der Waals surface area contributed by atoms with Crippen LogP contribution in [0.1, 0.15) is 24.1 Å². The zero-order chi connectivity index (χ0) is 16.9. The second-order valence-corrected chi connectivity index (χ2v) is 6.95. The number of pyridine rings is 1. The Kier molecular flexibility index (Phi) is 5.57. The van der Waals surface area contributed by atoms with E-state index in [0.717, 1.165) is 17.4 Å². The van der Waals surface area contributed by atoms with E-state index in [1.54, 1.807) is 38.6 Å². The van der Waals surface area contributed by atoms with E-state index >= 15 is 0 Å². The van der Waals surface area contributed by atoms with Gasteiger partial charge in [0.15, 0.2) is 11.5 Å². The third-order valence-electron chi connectivity index (χ3n) is 3.22. The molecule has 1 aromatic heterocycles. The van der Waals surface area contributed by atoms with Gasteiger partial charge in [0.05, 0.1) is 13.4 Å². The van der Waals surface area contributed by atoms with Gasteiger partial charge in [-0.3, -0.25) is 4.98 Å². The molecule has 0 aliphatic heterocycles. The molecule has 0 bridgehead atoms. The topological polar surface area (TPSA) is 77.5 Å². The minimum atomic E-state index is -3.28. The van der Waals surface area contributed by atoms with Gasteiger partial charge >= 0.3 is 0 Å². The summed E-state index contributed by atoms with van der Waals surface area (Å²) in [6, 6.07) is 8.75. The molecule has 0 saturated carbocycles. The molecular weight excluding hydrogens is 316 g/mol. The fourth-order valence-electron chi connectivity index (χ4n) is 2.10. The fourth-order valence-corrected chi connectivity index (χ4v) is 2.88. The van der Waals surface area contributed by atoms with Crippen molar-refractivity contribution in [2.75, 3.05) is 13.4 Å². The zero-order valence-electron chi connectivity index (χ0n) is 13.3. The van der Waals surface area contributed by atoms with Gasteiger partial charge in [0, 0.05) is 18.4 Å². The molecule has 124 valence electrons. The number of hydrogen-bond acceptors (Lipinski definition) is 5. The predicted molar refractivity (Wildman–Crippen MR) is 88.0 cm³/mol. The Morgan fingerprint density at radius 3 is 2.48 bits per heavy atom. The number of aromatic nitrogens is 1. The van der Waals surface area contributed by atoms with Crippen LogP contribution in [0, 0.1) is 0 Å². The summed E-state index contributed by atoms with van der Waals surface area (Å²) < 4.78 is 36.3. The Bertz CT molecular complexity index is 748. The molecule has 6 nitrogen and oxygen atoms in total. The number of nitrogens with one attached hydrogen (secondary N) is 1. The van der Waals surface area contributed by atoms with E-state index in [4.69, 9.17) is 9.47 Å². The van der Waals surface area contributed by atoms with E-state index in [1.807, 2.05) is 18.2 Å². The Hall–Kier alpha value is -2.12. The monoisotopic (exact) mass is 336 g/mol. The van der Waals surface area contributed by atoms with Gasteiger partial charge in [0.25, 0.3) is 0 Å². The van der Waals surface area contributed by atoms with Gasteiger partial charge < -0.3 is 9.47 Å². The lowest BCUT2D eigenvalue weighted by molar-refractivity contribution is 0.284. The van der Waals surface area contributed by atoms with E-state index in [-0.39, 0.29) is 6.04 Å². The first-order valence-electron chi connectivity index (χ1n) is 7.06. The molecule has 2 aromatic rings. The van der Waals surface area contributed by atoms with Crippen molar-refractivity contribution in [1.82, 2.24) is 9.71 Å². The molecular formula is C16H20N2O4S. The largest absolute Gasteiger partial charge is 0.493 e. The first-order chi connectivity index (χ1) is 10.9. The van der Waals surface area contributed by atoms with E-state index in [2.05, 4.69) is 9.71 Å². The van der Waals surface area contributed by atoms with Crippen LogP contribution in [0.4, 0.5) is 0 Å². The molecule has 1 unspecified atom stereocenters. The average Bonchev–Trinajstić information content (AvgIpc) is 2.52. The van der Waals surface area contributed by atoms with Crippen LogP contribution in [0.15, 0.2) is 42.7 Å². The SMILES string of the molecule is COc1cc(C(C)NS(C)(=O)=O)ccc1OCc1ccncc1. The molecule has 0 saturated heterocycles. The molecule has 1 heterocycles. The summed E-state index contributed by atoms with van der Waals surface area (Å²) in [5.74, 6) is 1.15. The van der Waals surface area contributed by atoms with E-state index in [0.29, 0.717) is 18.1 Å². The van der Waals surface area contributed by atoms with Crippen LogP contribution < -0.4 is 14.2 Å². The van der Waals surface area contributed by atoms with Crippen LogP contribution in [-0.4, -0.2) is 26.8 Å². The fraction of sp³-hybridized carbons (Fsp3) is 0.312. The van der Waals surface area contributed by atoms with Gasteiger partial charge in [0.2, 0.25) is 10.0 Å². The Morgan fingerprint density at radius 2 is 1.87 bits per heavy atom. The average molecular weight is 336 g/mol. The molecule has 0 amide bonds. The minimum Gasteiger partial charge on any atom is -0.493 e. The van der Waals surface area contributed by atoms with Crippen LogP contribution in [0.3, 0.4) is 0 Å². The summed E-state index contributed by atoms with van der Waals surface area (Å²) in [4.78, 5) is 3.96. The van der Waals surface area contributed by atoms with Crippen molar-refractivity contribution in [2.45, 2.75) is 19.6 Å². The number of ether oxygens (including phenoxy) is 2. The maximum Gasteiger partial charge on any atom is 0.209 e. The normalized spacial score (nSPS) is 12.7. The smallest absolute Gasteiger partial charge is 0.209 e. The molecule has 2 rings (SSSR count). The standard InChI is InChI=1S/C16H20N2O4S/c1-12(18-23(3,19)20)14-4-5-15(16(10-14)21-2)22-11-13-6-8-17-9-7-13/h4-10,12,18H,11H2,1-3H3. The Labute approximate surface area is 136 Å². The van der Waals surface area contributed by atoms with Crippen molar-refractivity contribution in [3.8, 4) is 11.5 Å². The van der Waals surface area contributed by atoms with Crippen molar-refractivity contribution in [3.63, 3.8) is 0 Å². The lowest BCUT2D eigenvalue weighted by Crippen LogP contribution is -2.25. The summed E-state index contributed by atoms with van der Waals surface area (Å²) in [6.45, 7) is 2.17. The Balaban J connectivity index is 2.13. The number of sulfonamides is 1. The van der Waals surface area contributed by atoms with Gasteiger partial charge in [-0.15, -0.1) is 0 Å². The molecule has 0 spiro atoms. The predicted octanol–water partition coefficient (Wildman–Crippen LogP) is 2.28. The van der Waals surface area contributed by atoms with Gasteiger partial charge in [-0.1, -0.05) is 6.07 Å². The van der Waals surface area contributed by atoms with Gasteiger partial charge in [-0.05, 0) is 42.3 Å². The summed E-state index contributed by atoms with van der Waals surface area (Å²) in [7, 11) is -1.73. The molecule has 1 atom stereocenters. The number of rotatable bonds is 7. The quantitative estimate of drug-likeness (QED) is 0.839. The van der Waals surface area contributed by atoms with Crippen molar-refractivity contribution in [2.24, 2.45) is 0 Å². The van der Waals surface area contributed by atoms with E-state index in [1.165, 1.54) is 0 Å². The summed E-state index contributed by atoms with van der Waals surface area (Å²) in [5.41, 5.74) is 1.79. The number of benzene rings is 1. The molecule has 7 heteroatoms. The maximum atomic E-state index is 11.3. The van der Waals surface area contributed by atoms with Crippen LogP contribution >= 0.6 is 0 Å². The van der Waals surface area contributed by atoms with Gasteiger partial charge in [0.1, 0.15) is 6.61 Å². The number of methoxy groups -OCH3 is 1. The molecule has 1 aromatic carbocycles. The molecule has 1 N–H and O–H groups in total. The van der Waals surface area contributed by atoms with Crippen LogP contribution in [-0.2, 0) is 16.6 Å². The van der Waals surface area contributed by atoms with Gasteiger partial charge in [-0.2, -0.15) is 0 Å². The number of nitrogens with zero attached hydrogens (tertiary/aromatic N) is 1. The van der Waals surface area contributed by atoms with Crippen molar-refractivity contribution in [1.29, 1.82) is 0 Å². The first kappa shape index (κ1) is 17.2. The lowest BCUT2D eigenvalue weighted by atomic mass is 10.1. The first-order valence-corrected chi connectivity index (χ1v) is 8.95. The van der Waals surface area contributed by atoms with E-state index < -0.39 is 10.0 Å². The van der Waals surface area contributed by atoms with Crippen LogP contribution in [0.5, 0.6) is 11.5 Å². The maximum absolute atomic E-state index is 11.3. The molecule has 0 radical (unpaired) electrons. The highest BCUT2D eigenvalue weighted by Crippen LogP contribution is 2.31. The van der Waals surface area contributed by atoms with E-state index in [9.17, 15) is 8.42 Å². The number of hydrogen-bond donors (Lipinski definition) is 1. The second kappa shape index (κ2) is 7.43.